The number of rotatable bonds is 2. The third-order valence-electron chi connectivity index (χ3n) is 2.72. The molecule has 1 saturated heterocycles. The molecular weight excluding hydrogens is 317 g/mol. The molecular formula is C12H22INO2. The molecule has 1 aliphatic rings. The van der Waals surface area contributed by atoms with Crippen LogP contribution in [0, 0.1) is 11.3 Å². The summed E-state index contributed by atoms with van der Waals surface area (Å²) >= 11 is 2.42. The van der Waals surface area contributed by atoms with Gasteiger partial charge in [-0.3, -0.25) is 0 Å². The van der Waals surface area contributed by atoms with E-state index in [2.05, 4.69) is 43.4 Å². The van der Waals surface area contributed by atoms with Gasteiger partial charge in [0.05, 0.1) is 6.61 Å². The summed E-state index contributed by atoms with van der Waals surface area (Å²) in [5.41, 5.74) is 0.0518. The van der Waals surface area contributed by atoms with Crippen LogP contribution in [0.25, 0.3) is 0 Å². The molecule has 0 N–H and O–H groups in total. The monoisotopic (exact) mass is 339 g/mol. The Morgan fingerprint density at radius 3 is 2.38 bits per heavy atom. The molecule has 0 radical (unpaired) electrons. The van der Waals surface area contributed by atoms with Crippen molar-refractivity contribution in [3.63, 3.8) is 0 Å². The van der Waals surface area contributed by atoms with Crippen LogP contribution < -0.4 is 0 Å². The summed E-state index contributed by atoms with van der Waals surface area (Å²) < 4.78 is 6.50. The average molecular weight is 339 g/mol. The molecule has 0 spiro atoms. The Kier molecular flexibility index (Phi) is 5.34. The van der Waals surface area contributed by atoms with Gasteiger partial charge in [0.25, 0.3) is 0 Å². The molecule has 94 valence electrons. The molecule has 0 aromatic rings. The quantitative estimate of drug-likeness (QED) is 0.571. The van der Waals surface area contributed by atoms with Gasteiger partial charge in [0.15, 0.2) is 0 Å². The fourth-order valence-corrected chi connectivity index (χ4v) is 2.52. The van der Waals surface area contributed by atoms with Crippen molar-refractivity contribution in [2.45, 2.75) is 33.6 Å². The molecule has 0 unspecified atom stereocenters. The van der Waals surface area contributed by atoms with Crippen LogP contribution in [0.5, 0.6) is 0 Å². The van der Waals surface area contributed by atoms with E-state index in [1.165, 1.54) is 4.43 Å². The molecule has 4 heteroatoms. The first-order valence-corrected chi connectivity index (χ1v) is 7.42. The third-order valence-corrected chi connectivity index (χ3v) is 3.97. The summed E-state index contributed by atoms with van der Waals surface area (Å²) in [7, 11) is 0. The van der Waals surface area contributed by atoms with E-state index >= 15 is 0 Å². The zero-order chi connectivity index (χ0) is 12.2. The van der Waals surface area contributed by atoms with E-state index < -0.39 is 0 Å². The van der Waals surface area contributed by atoms with Gasteiger partial charge in [-0.1, -0.05) is 43.4 Å². The minimum Gasteiger partial charge on any atom is -0.449 e. The van der Waals surface area contributed by atoms with Crippen LogP contribution in [0.1, 0.15) is 33.6 Å². The summed E-state index contributed by atoms with van der Waals surface area (Å²) in [5.74, 6) is 0.785. The zero-order valence-corrected chi connectivity index (χ0v) is 12.6. The topological polar surface area (TPSA) is 29.5 Å². The highest BCUT2D eigenvalue weighted by molar-refractivity contribution is 14.1. The highest BCUT2D eigenvalue weighted by Crippen LogP contribution is 2.20. The van der Waals surface area contributed by atoms with Gasteiger partial charge in [-0.2, -0.15) is 0 Å². The van der Waals surface area contributed by atoms with Crippen molar-refractivity contribution >= 4 is 28.7 Å². The van der Waals surface area contributed by atoms with Crippen molar-refractivity contribution in [2.24, 2.45) is 11.3 Å². The second-order valence-electron chi connectivity index (χ2n) is 5.70. The van der Waals surface area contributed by atoms with E-state index in [1.807, 2.05) is 4.90 Å². The van der Waals surface area contributed by atoms with E-state index in [9.17, 15) is 4.79 Å². The van der Waals surface area contributed by atoms with Crippen LogP contribution in [0.4, 0.5) is 4.79 Å². The number of ether oxygens (including phenoxy) is 1. The molecule has 0 aromatic carbocycles. The first-order chi connectivity index (χ1) is 7.42. The number of likely N-dealkylation sites (tertiary alicyclic amines) is 1. The zero-order valence-electron chi connectivity index (χ0n) is 10.5. The number of carbonyl (C=O) groups excluding carboxylic acids is 1. The smallest absolute Gasteiger partial charge is 0.409 e. The fraction of sp³-hybridized carbons (Fsp3) is 0.917. The normalized spacial score (nSPS) is 18.6. The Morgan fingerprint density at radius 2 is 1.94 bits per heavy atom. The largest absolute Gasteiger partial charge is 0.449 e. The predicted octanol–water partition coefficient (Wildman–Crippen LogP) is 3.32. The van der Waals surface area contributed by atoms with E-state index in [0.29, 0.717) is 6.61 Å². The molecule has 0 aromatic heterocycles. The van der Waals surface area contributed by atoms with Gasteiger partial charge >= 0.3 is 6.09 Å². The lowest BCUT2D eigenvalue weighted by molar-refractivity contribution is 0.0634. The second-order valence-corrected chi connectivity index (χ2v) is 6.58. The second kappa shape index (κ2) is 6.07. The number of piperidine rings is 1. The number of amides is 1. The van der Waals surface area contributed by atoms with Crippen molar-refractivity contribution in [3.8, 4) is 0 Å². The Labute approximate surface area is 112 Å². The molecule has 1 aliphatic heterocycles. The van der Waals surface area contributed by atoms with Crippen LogP contribution in [0.3, 0.4) is 0 Å². The summed E-state index contributed by atoms with van der Waals surface area (Å²) in [5, 5.41) is 0. The molecule has 0 bridgehead atoms. The Morgan fingerprint density at radius 1 is 1.38 bits per heavy atom. The fourth-order valence-electron chi connectivity index (χ4n) is 1.64. The molecule has 1 heterocycles. The molecule has 0 saturated carbocycles. The van der Waals surface area contributed by atoms with Gasteiger partial charge < -0.3 is 9.64 Å². The van der Waals surface area contributed by atoms with E-state index in [1.54, 1.807) is 0 Å². The maximum atomic E-state index is 11.7. The van der Waals surface area contributed by atoms with E-state index in [0.717, 1.165) is 31.8 Å². The van der Waals surface area contributed by atoms with E-state index in [4.69, 9.17) is 4.74 Å². The Bertz CT molecular complexity index is 230. The van der Waals surface area contributed by atoms with Crippen molar-refractivity contribution in [1.82, 2.24) is 4.90 Å². The summed E-state index contributed by atoms with van der Waals surface area (Å²) in [6, 6.07) is 0. The lowest BCUT2D eigenvalue weighted by Crippen LogP contribution is -2.40. The number of alkyl halides is 1. The molecule has 0 atom stereocenters. The minimum absolute atomic E-state index is 0.0518. The first-order valence-electron chi connectivity index (χ1n) is 5.90. The summed E-state index contributed by atoms with van der Waals surface area (Å²) in [6.45, 7) is 8.43. The van der Waals surface area contributed by atoms with Crippen LogP contribution in [-0.4, -0.2) is 35.1 Å². The lowest BCUT2D eigenvalue weighted by atomic mass is 9.98. The molecule has 1 amide bonds. The van der Waals surface area contributed by atoms with Crippen LogP contribution >= 0.6 is 22.6 Å². The van der Waals surface area contributed by atoms with Gasteiger partial charge in [0.2, 0.25) is 0 Å². The number of halogens is 1. The number of hydrogen-bond acceptors (Lipinski definition) is 2. The Balaban J connectivity index is 2.28. The SMILES string of the molecule is CC(C)(C)COC(=O)N1CCC(CI)CC1. The van der Waals surface area contributed by atoms with Crippen molar-refractivity contribution in [3.05, 3.63) is 0 Å². The highest BCUT2D eigenvalue weighted by Gasteiger charge is 2.24. The predicted molar refractivity (Wildman–Crippen MR) is 74.0 cm³/mol. The van der Waals surface area contributed by atoms with Crippen molar-refractivity contribution in [1.29, 1.82) is 0 Å². The Hall–Kier alpha value is 0. The van der Waals surface area contributed by atoms with Crippen molar-refractivity contribution < 1.29 is 9.53 Å². The molecule has 1 fully saturated rings. The number of hydrogen-bond donors (Lipinski definition) is 0. The third kappa shape index (κ3) is 4.89. The average Bonchev–Trinajstić information content (AvgIpc) is 2.25. The number of carbonyl (C=O) groups is 1. The first kappa shape index (κ1) is 14.1. The minimum atomic E-state index is -0.137. The van der Waals surface area contributed by atoms with Gasteiger partial charge in [0, 0.05) is 17.5 Å². The highest BCUT2D eigenvalue weighted by atomic mass is 127. The van der Waals surface area contributed by atoms with Gasteiger partial charge in [0.1, 0.15) is 0 Å². The summed E-state index contributed by atoms with van der Waals surface area (Å²) in [4.78, 5) is 13.6. The van der Waals surface area contributed by atoms with E-state index in [-0.39, 0.29) is 11.5 Å². The lowest BCUT2D eigenvalue weighted by Gasteiger charge is -2.31. The molecule has 0 aliphatic carbocycles. The van der Waals surface area contributed by atoms with Crippen LogP contribution in [0.15, 0.2) is 0 Å². The summed E-state index contributed by atoms with van der Waals surface area (Å²) in [6.07, 6.45) is 2.10. The molecule has 3 nitrogen and oxygen atoms in total. The van der Waals surface area contributed by atoms with Crippen molar-refractivity contribution in [2.75, 3.05) is 24.1 Å². The standard InChI is InChI=1S/C12H22INO2/c1-12(2,3)9-16-11(15)14-6-4-10(8-13)5-7-14/h10H,4-9H2,1-3H3. The molecule has 16 heavy (non-hydrogen) atoms. The molecule has 1 rings (SSSR count). The van der Waals surface area contributed by atoms with Gasteiger partial charge in [-0.05, 0) is 24.2 Å². The van der Waals surface area contributed by atoms with Gasteiger partial charge in [-0.25, -0.2) is 4.79 Å². The number of nitrogens with zero attached hydrogens (tertiary/aromatic N) is 1. The maximum Gasteiger partial charge on any atom is 0.409 e. The van der Waals surface area contributed by atoms with Crippen LogP contribution in [0.2, 0.25) is 0 Å². The van der Waals surface area contributed by atoms with Crippen LogP contribution in [-0.2, 0) is 4.74 Å². The van der Waals surface area contributed by atoms with Gasteiger partial charge in [-0.15, -0.1) is 0 Å². The maximum absolute atomic E-state index is 11.7.